The minimum absolute atomic E-state index is 1.20. The lowest BCUT2D eigenvalue weighted by molar-refractivity contribution is 0.153. The maximum absolute atomic E-state index is 3.60. The number of hydrogen-bond donors (Lipinski definition) is 0. The van der Waals surface area contributed by atoms with E-state index in [1.165, 1.54) is 54.9 Å². The standard InChI is InChI=1S/C12H19BrN2S/c1-14-6-8-15(9-7-14)5-2-3-11-4-10-16-12(11)13/h4,10H,2-3,5-9H2,1H3. The van der Waals surface area contributed by atoms with Crippen LogP contribution in [-0.2, 0) is 6.42 Å². The first kappa shape index (κ1) is 12.6. The third kappa shape index (κ3) is 3.55. The van der Waals surface area contributed by atoms with Gasteiger partial charge in [-0.25, -0.2) is 0 Å². The van der Waals surface area contributed by atoms with Gasteiger partial charge >= 0.3 is 0 Å². The molecule has 4 heteroatoms. The minimum Gasteiger partial charge on any atom is -0.304 e. The Kier molecular flexibility index (Phi) is 4.82. The van der Waals surface area contributed by atoms with Crippen molar-refractivity contribution in [1.29, 1.82) is 0 Å². The zero-order valence-electron chi connectivity index (χ0n) is 9.79. The van der Waals surface area contributed by atoms with Crippen molar-refractivity contribution < 1.29 is 0 Å². The Morgan fingerprint density at radius 2 is 2.06 bits per heavy atom. The summed E-state index contributed by atoms with van der Waals surface area (Å²) in [5.74, 6) is 0. The topological polar surface area (TPSA) is 6.48 Å². The van der Waals surface area contributed by atoms with Crippen molar-refractivity contribution in [3.05, 3.63) is 20.8 Å². The van der Waals surface area contributed by atoms with Gasteiger partial charge < -0.3 is 9.80 Å². The maximum atomic E-state index is 3.60. The van der Waals surface area contributed by atoms with Crippen molar-refractivity contribution >= 4 is 27.3 Å². The van der Waals surface area contributed by atoms with E-state index >= 15 is 0 Å². The van der Waals surface area contributed by atoms with Crippen LogP contribution in [0.25, 0.3) is 0 Å². The second-order valence-electron chi connectivity index (χ2n) is 4.47. The van der Waals surface area contributed by atoms with Gasteiger partial charge in [0.25, 0.3) is 0 Å². The molecule has 0 saturated carbocycles. The Morgan fingerprint density at radius 1 is 1.31 bits per heavy atom. The Morgan fingerprint density at radius 3 is 2.69 bits per heavy atom. The highest BCUT2D eigenvalue weighted by Gasteiger charge is 2.13. The molecule has 90 valence electrons. The number of hydrogen-bond acceptors (Lipinski definition) is 3. The first-order valence-corrected chi connectivity index (χ1v) is 7.56. The van der Waals surface area contributed by atoms with Crippen LogP contribution >= 0.6 is 27.3 Å². The van der Waals surface area contributed by atoms with Crippen LogP contribution in [0.1, 0.15) is 12.0 Å². The molecule has 2 nitrogen and oxygen atoms in total. The third-order valence-corrected chi connectivity index (χ3v) is 5.02. The molecular weight excluding hydrogens is 284 g/mol. The summed E-state index contributed by atoms with van der Waals surface area (Å²) in [6.45, 7) is 6.17. The molecule has 2 heterocycles. The summed E-state index contributed by atoms with van der Waals surface area (Å²) in [6, 6.07) is 2.23. The number of thiophene rings is 1. The van der Waals surface area contributed by atoms with E-state index in [-0.39, 0.29) is 0 Å². The lowest BCUT2D eigenvalue weighted by atomic mass is 10.2. The van der Waals surface area contributed by atoms with Gasteiger partial charge in [-0.3, -0.25) is 0 Å². The summed E-state index contributed by atoms with van der Waals surface area (Å²) < 4.78 is 1.31. The molecular formula is C12H19BrN2S. The highest BCUT2D eigenvalue weighted by atomic mass is 79.9. The van der Waals surface area contributed by atoms with Gasteiger partial charge in [0.15, 0.2) is 0 Å². The summed E-state index contributed by atoms with van der Waals surface area (Å²) in [6.07, 6.45) is 2.48. The van der Waals surface area contributed by atoms with E-state index in [0.717, 1.165) is 0 Å². The fourth-order valence-corrected chi connectivity index (χ4v) is 3.39. The number of halogens is 1. The molecule has 1 fully saturated rings. The molecule has 16 heavy (non-hydrogen) atoms. The molecule has 0 N–H and O–H groups in total. The van der Waals surface area contributed by atoms with E-state index in [9.17, 15) is 0 Å². The van der Waals surface area contributed by atoms with E-state index in [0.29, 0.717) is 0 Å². The summed E-state index contributed by atoms with van der Waals surface area (Å²) in [5.41, 5.74) is 1.47. The Bertz CT molecular complexity index is 319. The molecule has 0 amide bonds. The molecule has 1 aromatic heterocycles. The van der Waals surface area contributed by atoms with Crippen molar-refractivity contribution in [2.45, 2.75) is 12.8 Å². The molecule has 0 bridgehead atoms. The lowest BCUT2D eigenvalue weighted by Crippen LogP contribution is -2.44. The molecule has 0 aromatic carbocycles. The van der Waals surface area contributed by atoms with E-state index in [2.05, 4.69) is 44.2 Å². The smallest absolute Gasteiger partial charge is 0.0730 e. The highest BCUT2D eigenvalue weighted by molar-refractivity contribution is 9.11. The summed E-state index contributed by atoms with van der Waals surface area (Å²) in [4.78, 5) is 4.99. The molecule has 1 aromatic rings. The van der Waals surface area contributed by atoms with Crippen molar-refractivity contribution in [3.8, 4) is 0 Å². The number of nitrogens with zero attached hydrogens (tertiary/aromatic N) is 2. The first-order chi connectivity index (χ1) is 7.75. The summed E-state index contributed by atoms with van der Waals surface area (Å²) in [7, 11) is 2.21. The second-order valence-corrected chi connectivity index (χ2v) is 6.70. The van der Waals surface area contributed by atoms with Gasteiger partial charge in [-0.05, 0) is 59.4 Å². The van der Waals surface area contributed by atoms with Crippen LogP contribution in [0, 0.1) is 0 Å². The van der Waals surface area contributed by atoms with Crippen LogP contribution < -0.4 is 0 Å². The van der Waals surface area contributed by atoms with Crippen molar-refractivity contribution in [1.82, 2.24) is 9.80 Å². The predicted octanol–water partition coefficient (Wildman–Crippen LogP) is 2.69. The van der Waals surface area contributed by atoms with E-state index in [1.54, 1.807) is 11.3 Å². The molecule has 1 aliphatic rings. The van der Waals surface area contributed by atoms with Gasteiger partial charge in [0.2, 0.25) is 0 Å². The van der Waals surface area contributed by atoms with Crippen LogP contribution in [0.2, 0.25) is 0 Å². The molecule has 1 aliphatic heterocycles. The Balaban J connectivity index is 1.67. The van der Waals surface area contributed by atoms with Crippen molar-refractivity contribution in [2.24, 2.45) is 0 Å². The van der Waals surface area contributed by atoms with Gasteiger partial charge in [0.1, 0.15) is 0 Å². The molecule has 0 aliphatic carbocycles. The molecule has 0 spiro atoms. The predicted molar refractivity (Wildman–Crippen MR) is 74.3 cm³/mol. The highest BCUT2D eigenvalue weighted by Crippen LogP contribution is 2.24. The van der Waals surface area contributed by atoms with E-state index in [1.807, 2.05) is 0 Å². The zero-order chi connectivity index (χ0) is 11.4. The van der Waals surface area contributed by atoms with Crippen LogP contribution in [0.3, 0.4) is 0 Å². The lowest BCUT2D eigenvalue weighted by Gasteiger charge is -2.32. The fourth-order valence-electron chi connectivity index (χ4n) is 2.06. The van der Waals surface area contributed by atoms with Crippen molar-refractivity contribution in [3.63, 3.8) is 0 Å². The van der Waals surface area contributed by atoms with Gasteiger partial charge in [-0.2, -0.15) is 0 Å². The quantitative estimate of drug-likeness (QED) is 0.844. The SMILES string of the molecule is CN1CCN(CCCc2ccsc2Br)CC1. The second kappa shape index (κ2) is 6.15. The minimum atomic E-state index is 1.20. The molecule has 0 unspecified atom stereocenters. The van der Waals surface area contributed by atoms with Gasteiger partial charge in [-0.15, -0.1) is 11.3 Å². The normalized spacial score (nSPS) is 19.1. The molecule has 1 saturated heterocycles. The monoisotopic (exact) mass is 302 g/mol. The van der Waals surface area contributed by atoms with Crippen LogP contribution in [-0.4, -0.2) is 49.6 Å². The third-order valence-electron chi connectivity index (χ3n) is 3.21. The maximum Gasteiger partial charge on any atom is 0.0730 e. The Hall–Kier alpha value is 0.100. The largest absolute Gasteiger partial charge is 0.304 e. The fraction of sp³-hybridized carbons (Fsp3) is 0.667. The molecule has 2 rings (SSSR count). The number of piperazine rings is 1. The zero-order valence-corrected chi connectivity index (χ0v) is 12.2. The average molecular weight is 303 g/mol. The summed E-state index contributed by atoms with van der Waals surface area (Å²) in [5, 5.41) is 2.16. The number of likely N-dealkylation sites (N-methyl/N-ethyl adjacent to an activating group) is 1. The van der Waals surface area contributed by atoms with E-state index < -0.39 is 0 Å². The molecule has 0 radical (unpaired) electrons. The van der Waals surface area contributed by atoms with Crippen LogP contribution in [0.5, 0.6) is 0 Å². The molecule has 0 atom stereocenters. The van der Waals surface area contributed by atoms with Gasteiger partial charge in [0, 0.05) is 26.2 Å². The van der Waals surface area contributed by atoms with Gasteiger partial charge in [-0.1, -0.05) is 0 Å². The van der Waals surface area contributed by atoms with Crippen LogP contribution in [0.15, 0.2) is 15.2 Å². The van der Waals surface area contributed by atoms with Gasteiger partial charge in [0.05, 0.1) is 3.79 Å². The average Bonchev–Trinajstić information content (AvgIpc) is 2.68. The van der Waals surface area contributed by atoms with Crippen LogP contribution in [0.4, 0.5) is 0 Å². The Labute approximate surface area is 110 Å². The number of rotatable bonds is 4. The number of aryl methyl sites for hydroxylation is 1. The van der Waals surface area contributed by atoms with Crippen molar-refractivity contribution in [2.75, 3.05) is 39.8 Å². The summed E-state index contributed by atoms with van der Waals surface area (Å²) >= 11 is 5.39. The first-order valence-electron chi connectivity index (χ1n) is 5.88. The van der Waals surface area contributed by atoms with E-state index in [4.69, 9.17) is 0 Å².